The third kappa shape index (κ3) is 28.7. The zero-order valence-corrected chi connectivity index (χ0v) is 48.6. The molecule has 6 rings (SSSR count). The number of nitrogens with zero attached hydrogens (tertiary/aromatic N) is 4. The summed E-state index contributed by atoms with van der Waals surface area (Å²) in [6.07, 6.45) is 7.54. The van der Waals surface area contributed by atoms with Gasteiger partial charge in [0.1, 0.15) is 34.0 Å². The number of carbonyl (C=O) groups excluding carboxylic acids is 5. The fraction of sp³-hybridized carbons (Fsp3) is 0.322. The topological polar surface area (TPSA) is 388 Å². The summed E-state index contributed by atoms with van der Waals surface area (Å²) in [5.74, 6) is -1.94. The lowest BCUT2D eigenvalue weighted by Crippen LogP contribution is -2.27. The minimum Gasteiger partial charge on any atom is -0.506 e. The maximum absolute atomic E-state index is 11.7. The highest BCUT2D eigenvalue weighted by Gasteiger charge is 2.20. The normalized spacial score (nSPS) is 10.4. The quantitative estimate of drug-likeness (QED) is 0.00727. The molecule has 1 heterocycles. The number of phenolic OH excluding ortho intramolecular Hbond substituents is 4. The molecular weight excluding hydrogens is 1110 g/mol. The minimum atomic E-state index is -0.682. The Balaban J connectivity index is 0.000000370. The Morgan fingerprint density at radius 1 is 0.640 bits per heavy atom. The maximum atomic E-state index is 11.7. The van der Waals surface area contributed by atoms with Crippen LogP contribution in [0.25, 0.3) is 17.2 Å². The number of phenols is 4. The van der Waals surface area contributed by atoms with Gasteiger partial charge in [0.25, 0.3) is 0 Å². The predicted octanol–water partition coefficient (Wildman–Crippen LogP) is 10.0. The van der Waals surface area contributed by atoms with Crippen LogP contribution in [0, 0.1) is 32.8 Å². The molecule has 0 saturated carbocycles. The SMILES string of the molecule is CC(C)(C)OC(=O)Nc1cccc(CCC#N)c1O.N#C/C=C/c1cccc([N+](=O)[O-])c1O.[B]C(=O)NCCCc1cccc(N)c1O.[B]C(=O)NCCCc1cccc(NC(=O)OC(C)(C)C)c1O.[B]C(=O)NCCCc1cccc2ncoc12. The first-order chi connectivity index (χ1) is 40.6. The van der Waals surface area contributed by atoms with Gasteiger partial charge in [-0.2, -0.15) is 10.5 Å². The van der Waals surface area contributed by atoms with Gasteiger partial charge in [0.15, 0.2) is 52.9 Å². The molecule has 27 heteroatoms. The number of allylic oxidation sites excluding steroid dienone is 1. The molecule has 0 fully saturated rings. The van der Waals surface area contributed by atoms with Gasteiger partial charge in [0, 0.05) is 43.8 Å². The Hall–Kier alpha value is -10.2. The summed E-state index contributed by atoms with van der Waals surface area (Å²) < 4.78 is 15.5. The second-order valence-electron chi connectivity index (χ2n) is 20.1. The standard InChI is InChI=1S/C15H21BN2O4.C14H18N2O3.C11H11BN2O2.C10H13BN2O2.C9H6N2O3/c1-15(2,3)22-14(21)18-11-8-4-6-10(12(11)19)7-5-9-17-13(16)20;1-14(2,3)19-13(18)16-11-8-4-6-10(12(11)17)7-5-9-15;12-11(15)13-6-2-4-8-3-1-5-9-10(8)16-7-14-9;11-10(15)13-6-2-4-7-3-1-5-8(12)9(7)14;10-6-2-4-7-3-1-5-8(9(7)12)11(13)14/h4,6,8,19H,5,7,9H2,1-3H3,(H,17,20)(H,18,21);4,6,8,17H,5,7H2,1-3H3,(H,16,18);1,3,5,7H,2,4,6H2,(H,13,15);1,3,5,14H,2,4,6,12H2,(H,13,15);1-5,12H/b;;;;4-2+. The van der Waals surface area contributed by atoms with E-state index in [0.29, 0.717) is 75.0 Å². The number of fused-ring (bicyclic) bond motifs is 1. The molecule has 0 aliphatic heterocycles. The molecule has 6 radical (unpaired) electrons. The Bertz CT molecular complexity index is 3330. The van der Waals surface area contributed by atoms with Crippen molar-refractivity contribution in [3.05, 3.63) is 141 Å². The van der Waals surface area contributed by atoms with E-state index in [1.54, 1.807) is 102 Å². The van der Waals surface area contributed by atoms with Crippen LogP contribution in [0.2, 0.25) is 0 Å². The third-order valence-electron chi connectivity index (χ3n) is 11.0. The van der Waals surface area contributed by atoms with Crippen LogP contribution in [-0.2, 0) is 35.2 Å². The molecule has 0 bridgehead atoms. The van der Waals surface area contributed by atoms with Crippen LogP contribution in [0.1, 0.15) is 95.0 Å². The van der Waals surface area contributed by atoms with Gasteiger partial charge in [-0.15, -0.1) is 0 Å². The number of para-hydroxylation sites is 5. The molecule has 11 N–H and O–H groups in total. The van der Waals surface area contributed by atoms with Gasteiger partial charge in [-0.05, 0) is 139 Å². The fourth-order valence-electron chi connectivity index (χ4n) is 7.19. The number of anilines is 3. The number of oxazole rings is 1. The average Bonchev–Trinajstić information content (AvgIpc) is 3.22. The van der Waals surface area contributed by atoms with Crippen molar-refractivity contribution in [1.29, 1.82) is 10.5 Å². The highest BCUT2D eigenvalue weighted by Crippen LogP contribution is 2.32. The van der Waals surface area contributed by atoms with Crippen LogP contribution in [0.4, 0.5) is 46.7 Å². The molecule has 5 aromatic carbocycles. The number of aromatic hydroxyl groups is 4. The lowest BCUT2D eigenvalue weighted by atomic mass is 10.1. The number of nitro groups is 1. The predicted molar refractivity (Wildman–Crippen MR) is 328 cm³/mol. The van der Waals surface area contributed by atoms with E-state index in [-0.39, 0.29) is 39.9 Å². The smallest absolute Gasteiger partial charge is 0.412 e. The highest BCUT2D eigenvalue weighted by atomic mass is 16.6. The van der Waals surface area contributed by atoms with Gasteiger partial charge in [0.2, 0.25) is 5.75 Å². The largest absolute Gasteiger partial charge is 0.506 e. The second-order valence-corrected chi connectivity index (χ2v) is 20.1. The van der Waals surface area contributed by atoms with Crippen LogP contribution < -0.4 is 32.3 Å². The molecule has 0 aliphatic rings. The fourth-order valence-corrected chi connectivity index (χ4v) is 7.19. The molecule has 6 aromatic rings. The zero-order valence-electron chi connectivity index (χ0n) is 48.6. The van der Waals surface area contributed by atoms with E-state index >= 15 is 0 Å². The third-order valence-corrected chi connectivity index (χ3v) is 11.0. The summed E-state index contributed by atoms with van der Waals surface area (Å²) in [7, 11) is 14.8. The maximum Gasteiger partial charge on any atom is 0.412 e. The van der Waals surface area contributed by atoms with Gasteiger partial charge < -0.3 is 56.0 Å². The lowest BCUT2D eigenvalue weighted by Gasteiger charge is -2.20. The van der Waals surface area contributed by atoms with Crippen molar-refractivity contribution in [3.63, 3.8) is 0 Å². The molecule has 0 aliphatic carbocycles. The summed E-state index contributed by atoms with van der Waals surface area (Å²) >= 11 is 0. The number of rotatable bonds is 18. The molecular formula is C59H69B3N10O14. The first-order valence-corrected chi connectivity index (χ1v) is 26.6. The highest BCUT2D eigenvalue weighted by molar-refractivity contribution is 6.57. The van der Waals surface area contributed by atoms with Gasteiger partial charge in [-0.1, -0.05) is 60.7 Å². The van der Waals surface area contributed by atoms with Gasteiger partial charge in [-0.3, -0.25) is 35.1 Å². The number of ether oxygens (including phenoxy) is 2. The van der Waals surface area contributed by atoms with E-state index in [9.17, 15) is 54.5 Å². The van der Waals surface area contributed by atoms with Crippen LogP contribution in [0.15, 0.2) is 108 Å². The number of benzene rings is 5. The van der Waals surface area contributed by atoms with E-state index in [1.807, 2.05) is 24.3 Å². The Morgan fingerprint density at radius 2 is 1.07 bits per heavy atom. The van der Waals surface area contributed by atoms with E-state index in [1.165, 1.54) is 30.7 Å². The van der Waals surface area contributed by atoms with Crippen molar-refractivity contribution in [2.24, 2.45) is 0 Å². The summed E-state index contributed by atoms with van der Waals surface area (Å²) in [6.45, 7) is 12.0. The molecule has 0 atom stereocenters. The number of amides is 5. The number of nitriles is 2. The van der Waals surface area contributed by atoms with E-state index in [4.69, 9.17) is 53.7 Å². The van der Waals surface area contributed by atoms with Gasteiger partial charge in [-0.25, -0.2) is 14.6 Å². The van der Waals surface area contributed by atoms with Crippen molar-refractivity contribution in [3.8, 4) is 35.1 Å². The van der Waals surface area contributed by atoms with Crippen LogP contribution >= 0.6 is 0 Å². The number of hydrogen-bond donors (Lipinski definition) is 10. The van der Waals surface area contributed by atoms with E-state index in [2.05, 4.69) is 31.6 Å². The number of nitro benzene ring substituents is 1. The zero-order chi connectivity index (χ0) is 64.4. The molecule has 24 nitrogen and oxygen atoms in total. The summed E-state index contributed by atoms with van der Waals surface area (Å²) in [5, 5.41) is 78.8. The van der Waals surface area contributed by atoms with Crippen LogP contribution in [0.5, 0.6) is 23.0 Å². The van der Waals surface area contributed by atoms with E-state index < -0.39 is 51.5 Å². The number of hydrogen-bond acceptors (Lipinski definition) is 18. The molecule has 86 heavy (non-hydrogen) atoms. The molecule has 0 saturated heterocycles. The number of nitrogens with two attached hydrogens (primary N) is 1. The van der Waals surface area contributed by atoms with Gasteiger partial charge >= 0.3 is 17.9 Å². The average molecular weight is 1170 g/mol. The number of aryl methyl sites for hydroxylation is 4. The summed E-state index contributed by atoms with van der Waals surface area (Å²) in [5.41, 5.74) is 9.99. The molecule has 1 aromatic heterocycles. The Kier molecular flexibility index (Phi) is 31.1. The minimum absolute atomic E-state index is 0.00701. The molecule has 0 unspecified atom stereocenters. The summed E-state index contributed by atoms with van der Waals surface area (Å²) in [6, 6.07) is 29.0. The lowest BCUT2D eigenvalue weighted by molar-refractivity contribution is -0.385. The van der Waals surface area contributed by atoms with Crippen molar-refractivity contribution in [2.75, 3.05) is 36.0 Å². The molecule has 5 amide bonds. The Labute approximate surface area is 502 Å². The van der Waals surface area contributed by atoms with Crippen LogP contribution in [0.3, 0.4) is 0 Å². The molecule has 448 valence electrons. The first-order valence-electron chi connectivity index (χ1n) is 26.6. The van der Waals surface area contributed by atoms with Gasteiger partial charge in [0.05, 0.1) is 34.1 Å². The first kappa shape index (κ1) is 71.9. The summed E-state index contributed by atoms with van der Waals surface area (Å²) in [4.78, 5) is 68.5. The number of aromatic nitrogens is 1. The number of nitrogens with one attached hydrogen (secondary N) is 5. The monoisotopic (exact) mass is 1170 g/mol. The Morgan fingerprint density at radius 3 is 1.52 bits per heavy atom. The number of nitrogen functional groups attached to an aromatic ring is 1. The number of carbonyl (C=O) groups is 5. The second kappa shape index (κ2) is 37.1. The van der Waals surface area contributed by atoms with Crippen LogP contribution in [-0.4, -0.2) is 114 Å². The van der Waals surface area contributed by atoms with Crippen molar-refractivity contribution in [2.45, 2.75) is 104 Å². The van der Waals surface area contributed by atoms with Crippen molar-refractivity contribution < 1.29 is 63.2 Å². The van der Waals surface area contributed by atoms with E-state index in [0.717, 1.165) is 41.1 Å². The van der Waals surface area contributed by atoms with Crippen molar-refractivity contribution >= 4 is 93.1 Å². The molecule has 0 spiro atoms. The van der Waals surface area contributed by atoms with Crippen molar-refractivity contribution in [1.82, 2.24) is 20.9 Å².